The minimum absolute atomic E-state index is 0.0445. The smallest absolute Gasteiger partial charge is 0.164 e. The maximum absolute atomic E-state index is 11.4. The molecular formula is C10H16O2. The summed E-state index contributed by atoms with van der Waals surface area (Å²) in [5.41, 5.74) is -0.865. The number of carbonyl (C=O) groups is 1. The fraction of sp³-hybridized carbons (Fsp3) is 0.900. The lowest BCUT2D eigenvalue weighted by Crippen LogP contribution is -2.64. The second-order valence-corrected chi connectivity index (χ2v) is 5.08. The Kier molecular flexibility index (Phi) is 1.32. The number of carbonyl (C=O) groups excluding carboxylic acids is 1. The van der Waals surface area contributed by atoms with Gasteiger partial charge in [-0.15, -0.1) is 0 Å². The van der Waals surface area contributed by atoms with Gasteiger partial charge in [0, 0.05) is 12.3 Å². The first-order valence-corrected chi connectivity index (χ1v) is 4.62. The van der Waals surface area contributed by atoms with Crippen molar-refractivity contribution in [1.29, 1.82) is 0 Å². The Morgan fingerprint density at radius 2 is 2.00 bits per heavy atom. The van der Waals surface area contributed by atoms with Crippen LogP contribution in [0.15, 0.2) is 0 Å². The number of ketones is 1. The highest BCUT2D eigenvalue weighted by atomic mass is 16.3. The molecule has 68 valence electrons. The molecule has 2 bridgehead atoms. The molecule has 0 aromatic heterocycles. The maximum Gasteiger partial charge on any atom is 0.164 e. The maximum atomic E-state index is 11.4. The Balaban J connectivity index is 2.33. The third kappa shape index (κ3) is 0.717. The third-order valence-electron chi connectivity index (χ3n) is 4.15. The largest absolute Gasteiger partial charge is 0.382 e. The highest BCUT2D eigenvalue weighted by molar-refractivity contribution is 5.89. The van der Waals surface area contributed by atoms with Crippen LogP contribution in [0.5, 0.6) is 0 Å². The van der Waals surface area contributed by atoms with E-state index in [0.29, 0.717) is 12.3 Å². The molecule has 2 heteroatoms. The van der Waals surface area contributed by atoms with E-state index in [1.54, 1.807) is 6.92 Å². The number of fused-ring (bicyclic) bond motifs is 2. The molecule has 3 rings (SSSR count). The van der Waals surface area contributed by atoms with Gasteiger partial charge in [-0.2, -0.15) is 0 Å². The molecule has 0 amide bonds. The van der Waals surface area contributed by atoms with Gasteiger partial charge in [-0.05, 0) is 24.7 Å². The fourth-order valence-corrected chi connectivity index (χ4v) is 2.94. The summed E-state index contributed by atoms with van der Waals surface area (Å²) in [4.78, 5) is 11.4. The molecule has 0 aromatic rings. The molecular weight excluding hydrogens is 152 g/mol. The monoisotopic (exact) mass is 168 g/mol. The van der Waals surface area contributed by atoms with Crippen LogP contribution >= 0.6 is 0 Å². The number of rotatable bonds is 0. The zero-order valence-electron chi connectivity index (χ0n) is 7.92. The minimum atomic E-state index is -1.04. The molecule has 1 N–H and O–H groups in total. The molecule has 3 atom stereocenters. The zero-order valence-corrected chi connectivity index (χ0v) is 7.92. The standard InChI is InChI=1S/C10H16O2/c1-9(2)6-4-7(9)10(3,12)8(11)5-6/h6-7,12H,4-5H2,1-3H3/t6-,7?,10+/m1/s1. The summed E-state index contributed by atoms with van der Waals surface area (Å²) in [6.45, 7) is 6.00. The quantitative estimate of drug-likeness (QED) is 0.593. The Hall–Kier alpha value is -0.370. The van der Waals surface area contributed by atoms with Crippen molar-refractivity contribution in [3.05, 3.63) is 0 Å². The molecule has 0 heterocycles. The molecule has 2 nitrogen and oxygen atoms in total. The van der Waals surface area contributed by atoms with Crippen LogP contribution in [0.4, 0.5) is 0 Å². The average molecular weight is 168 g/mol. The zero-order chi connectivity index (χ0) is 9.15. The van der Waals surface area contributed by atoms with E-state index in [1.165, 1.54) is 0 Å². The first-order valence-electron chi connectivity index (χ1n) is 4.62. The van der Waals surface area contributed by atoms with Gasteiger partial charge in [-0.3, -0.25) is 4.79 Å². The van der Waals surface area contributed by atoms with Crippen molar-refractivity contribution in [3.63, 3.8) is 0 Å². The lowest BCUT2D eigenvalue weighted by molar-refractivity contribution is -0.196. The first kappa shape index (κ1) is 8.24. The molecule has 0 saturated heterocycles. The second-order valence-electron chi connectivity index (χ2n) is 5.08. The normalized spacial score (nSPS) is 50.2. The summed E-state index contributed by atoms with van der Waals surface area (Å²) in [6.07, 6.45) is 1.61. The SMILES string of the molecule is CC1(C)C2C[C@@H]1CC(=O)[C@@]2(C)O. The summed E-state index contributed by atoms with van der Waals surface area (Å²) in [6, 6.07) is 0. The van der Waals surface area contributed by atoms with Crippen LogP contribution in [0, 0.1) is 17.3 Å². The molecule has 0 spiro atoms. The van der Waals surface area contributed by atoms with Gasteiger partial charge in [0.1, 0.15) is 5.60 Å². The second kappa shape index (κ2) is 1.92. The molecule has 3 saturated carbocycles. The van der Waals surface area contributed by atoms with E-state index in [0.717, 1.165) is 6.42 Å². The van der Waals surface area contributed by atoms with Crippen LogP contribution < -0.4 is 0 Å². The summed E-state index contributed by atoms with van der Waals surface area (Å²) in [7, 11) is 0. The van der Waals surface area contributed by atoms with Crippen LogP contribution in [0.25, 0.3) is 0 Å². The van der Waals surface area contributed by atoms with Gasteiger partial charge in [0.2, 0.25) is 0 Å². The minimum Gasteiger partial charge on any atom is -0.382 e. The van der Waals surface area contributed by atoms with Crippen LogP contribution in [0.2, 0.25) is 0 Å². The van der Waals surface area contributed by atoms with Gasteiger partial charge < -0.3 is 5.11 Å². The number of Topliss-reactive ketones (excluding diaryl/α,β-unsaturated/α-hetero) is 1. The van der Waals surface area contributed by atoms with Crippen LogP contribution in [0.1, 0.15) is 33.6 Å². The topological polar surface area (TPSA) is 37.3 Å². The Labute approximate surface area is 73.0 Å². The third-order valence-corrected chi connectivity index (χ3v) is 4.15. The van der Waals surface area contributed by atoms with E-state index in [2.05, 4.69) is 13.8 Å². The summed E-state index contributed by atoms with van der Waals surface area (Å²) in [5, 5.41) is 9.94. The van der Waals surface area contributed by atoms with Crippen molar-refractivity contribution in [2.75, 3.05) is 0 Å². The highest BCUT2D eigenvalue weighted by Gasteiger charge is 2.62. The number of aliphatic hydroxyl groups is 1. The molecule has 3 aliphatic rings. The molecule has 3 fully saturated rings. The van der Waals surface area contributed by atoms with E-state index >= 15 is 0 Å². The predicted octanol–water partition coefficient (Wildman–Crippen LogP) is 1.37. The van der Waals surface area contributed by atoms with Gasteiger partial charge in [0.05, 0.1) is 0 Å². The van der Waals surface area contributed by atoms with E-state index in [4.69, 9.17) is 0 Å². The van der Waals surface area contributed by atoms with E-state index in [-0.39, 0.29) is 17.1 Å². The first-order chi connectivity index (χ1) is 5.37. The summed E-state index contributed by atoms with van der Waals surface area (Å²) < 4.78 is 0. The van der Waals surface area contributed by atoms with Crippen molar-refractivity contribution >= 4 is 5.78 Å². The summed E-state index contributed by atoms with van der Waals surface area (Å²) in [5.74, 6) is 0.759. The molecule has 0 aliphatic heterocycles. The number of hydrogen-bond acceptors (Lipinski definition) is 2. The van der Waals surface area contributed by atoms with Gasteiger partial charge in [-0.1, -0.05) is 13.8 Å². The van der Waals surface area contributed by atoms with Crippen molar-refractivity contribution in [3.8, 4) is 0 Å². The van der Waals surface area contributed by atoms with Crippen LogP contribution in [-0.4, -0.2) is 16.5 Å². The van der Waals surface area contributed by atoms with Gasteiger partial charge >= 0.3 is 0 Å². The Morgan fingerprint density at radius 1 is 1.42 bits per heavy atom. The Morgan fingerprint density at radius 3 is 2.33 bits per heavy atom. The van der Waals surface area contributed by atoms with Crippen LogP contribution in [-0.2, 0) is 4.79 Å². The van der Waals surface area contributed by atoms with Gasteiger partial charge in [-0.25, -0.2) is 0 Å². The fourth-order valence-electron chi connectivity index (χ4n) is 2.94. The lowest BCUT2D eigenvalue weighted by Gasteiger charge is -2.61. The molecule has 0 aromatic carbocycles. The van der Waals surface area contributed by atoms with Crippen molar-refractivity contribution in [1.82, 2.24) is 0 Å². The highest BCUT2D eigenvalue weighted by Crippen LogP contribution is 2.61. The van der Waals surface area contributed by atoms with Crippen molar-refractivity contribution in [2.45, 2.75) is 39.2 Å². The molecule has 0 radical (unpaired) electrons. The molecule has 1 unspecified atom stereocenters. The van der Waals surface area contributed by atoms with Gasteiger partial charge in [0.15, 0.2) is 5.78 Å². The summed E-state index contributed by atoms with van der Waals surface area (Å²) >= 11 is 0. The molecule has 3 aliphatic carbocycles. The van der Waals surface area contributed by atoms with E-state index in [1.807, 2.05) is 0 Å². The van der Waals surface area contributed by atoms with Gasteiger partial charge in [0.25, 0.3) is 0 Å². The lowest BCUT2D eigenvalue weighted by atomic mass is 9.44. The van der Waals surface area contributed by atoms with Crippen molar-refractivity contribution < 1.29 is 9.90 Å². The average Bonchev–Trinajstić information content (AvgIpc) is 1.93. The van der Waals surface area contributed by atoms with E-state index in [9.17, 15) is 9.90 Å². The van der Waals surface area contributed by atoms with Crippen molar-refractivity contribution in [2.24, 2.45) is 17.3 Å². The van der Waals surface area contributed by atoms with E-state index < -0.39 is 5.60 Å². The molecule has 12 heavy (non-hydrogen) atoms. The Bertz CT molecular complexity index is 240. The van der Waals surface area contributed by atoms with Crippen LogP contribution in [0.3, 0.4) is 0 Å². The number of hydrogen-bond donors (Lipinski definition) is 1. The predicted molar refractivity (Wildman–Crippen MR) is 45.6 cm³/mol.